The van der Waals surface area contributed by atoms with Crippen LogP contribution >= 0.6 is 11.8 Å². The Morgan fingerprint density at radius 1 is 1.42 bits per heavy atom. The molecule has 3 heteroatoms. The van der Waals surface area contributed by atoms with E-state index in [4.69, 9.17) is 10.5 Å². The molecule has 0 saturated carbocycles. The summed E-state index contributed by atoms with van der Waals surface area (Å²) in [6.07, 6.45) is 3.86. The lowest BCUT2D eigenvalue weighted by molar-refractivity contribution is 0.180. The van der Waals surface area contributed by atoms with Gasteiger partial charge in [-0.25, -0.2) is 0 Å². The van der Waals surface area contributed by atoms with Crippen LogP contribution in [-0.4, -0.2) is 30.3 Å². The van der Waals surface area contributed by atoms with E-state index >= 15 is 0 Å². The van der Waals surface area contributed by atoms with Crippen molar-refractivity contribution in [1.29, 1.82) is 0 Å². The highest BCUT2D eigenvalue weighted by Gasteiger charge is 2.31. The van der Waals surface area contributed by atoms with Crippen LogP contribution in [0.2, 0.25) is 0 Å². The smallest absolute Gasteiger partial charge is 0.0510 e. The van der Waals surface area contributed by atoms with Crippen molar-refractivity contribution in [1.82, 2.24) is 0 Å². The second kappa shape index (κ2) is 3.99. The molecular weight excluding hydrogens is 170 g/mol. The minimum atomic E-state index is 0.389. The van der Waals surface area contributed by atoms with Gasteiger partial charge in [-0.3, -0.25) is 0 Å². The summed E-state index contributed by atoms with van der Waals surface area (Å²) in [6, 6.07) is 0.389. The Hall–Kier alpha value is 0.270. The zero-order chi connectivity index (χ0) is 8.39. The van der Waals surface area contributed by atoms with E-state index < -0.39 is 0 Å². The van der Waals surface area contributed by atoms with E-state index in [2.05, 4.69) is 11.8 Å². The van der Waals surface area contributed by atoms with Crippen molar-refractivity contribution < 1.29 is 4.74 Å². The summed E-state index contributed by atoms with van der Waals surface area (Å²) in [4.78, 5) is 0. The van der Waals surface area contributed by atoms with Gasteiger partial charge >= 0.3 is 0 Å². The van der Waals surface area contributed by atoms with Crippen molar-refractivity contribution in [2.24, 2.45) is 11.7 Å². The minimum absolute atomic E-state index is 0.389. The maximum absolute atomic E-state index is 6.18. The van der Waals surface area contributed by atoms with Crippen LogP contribution in [0.5, 0.6) is 0 Å². The van der Waals surface area contributed by atoms with Crippen LogP contribution in [0.1, 0.15) is 19.3 Å². The number of hydrogen-bond acceptors (Lipinski definition) is 3. The minimum Gasteiger partial charge on any atom is -0.381 e. The molecule has 2 rings (SSSR count). The molecule has 0 aliphatic carbocycles. The molecule has 0 radical (unpaired) electrons. The van der Waals surface area contributed by atoms with Gasteiger partial charge in [-0.2, -0.15) is 11.8 Å². The maximum Gasteiger partial charge on any atom is 0.0510 e. The van der Waals surface area contributed by atoms with Crippen LogP contribution in [0.15, 0.2) is 0 Å². The largest absolute Gasteiger partial charge is 0.381 e. The summed E-state index contributed by atoms with van der Waals surface area (Å²) in [5.74, 6) is 1.95. The highest BCUT2D eigenvalue weighted by molar-refractivity contribution is 8.00. The zero-order valence-corrected chi connectivity index (χ0v) is 8.19. The van der Waals surface area contributed by atoms with Gasteiger partial charge in [-0.15, -0.1) is 0 Å². The van der Waals surface area contributed by atoms with Crippen LogP contribution in [0.3, 0.4) is 0 Å². The van der Waals surface area contributed by atoms with E-state index in [9.17, 15) is 0 Å². The molecule has 70 valence electrons. The number of nitrogens with two attached hydrogens (primary N) is 1. The molecule has 0 aromatic heterocycles. The van der Waals surface area contributed by atoms with E-state index in [-0.39, 0.29) is 0 Å². The van der Waals surface area contributed by atoms with Crippen molar-refractivity contribution >= 4 is 11.8 Å². The van der Waals surface area contributed by atoms with Gasteiger partial charge in [0.25, 0.3) is 0 Å². The Kier molecular flexibility index (Phi) is 2.94. The summed E-state index contributed by atoms with van der Waals surface area (Å²) < 4.78 is 5.35. The normalized spacial score (nSPS) is 38.8. The molecule has 0 spiro atoms. The molecule has 0 amide bonds. The van der Waals surface area contributed by atoms with Gasteiger partial charge in [0, 0.05) is 23.8 Å². The van der Waals surface area contributed by atoms with E-state index in [0.29, 0.717) is 12.0 Å². The fourth-order valence-corrected chi connectivity index (χ4v) is 3.48. The fraction of sp³-hybridized carbons (Fsp3) is 1.00. The van der Waals surface area contributed by atoms with E-state index in [1.807, 2.05) is 0 Å². The van der Waals surface area contributed by atoms with E-state index in [1.54, 1.807) is 0 Å². The summed E-state index contributed by atoms with van der Waals surface area (Å²) in [7, 11) is 0. The third-order valence-electron chi connectivity index (χ3n) is 2.90. The lowest BCUT2D eigenvalue weighted by atomic mass is 9.95. The van der Waals surface area contributed by atoms with Crippen LogP contribution in [0, 0.1) is 5.92 Å². The fourth-order valence-electron chi connectivity index (χ4n) is 2.07. The maximum atomic E-state index is 6.18. The lowest BCUT2D eigenvalue weighted by Gasteiger charge is -2.23. The van der Waals surface area contributed by atoms with Crippen molar-refractivity contribution in [2.45, 2.75) is 30.6 Å². The predicted octanol–water partition coefficient (Wildman–Crippen LogP) is 1.25. The average molecular weight is 187 g/mol. The number of thioether (sulfide) groups is 1. The van der Waals surface area contributed by atoms with Gasteiger partial charge in [-0.05, 0) is 25.0 Å². The summed E-state index contributed by atoms with van der Waals surface area (Å²) in [5.41, 5.74) is 6.18. The first-order valence-corrected chi connectivity index (χ1v) is 5.88. The van der Waals surface area contributed by atoms with Crippen molar-refractivity contribution in [3.63, 3.8) is 0 Å². The number of hydrogen-bond donors (Lipinski definition) is 1. The van der Waals surface area contributed by atoms with Crippen molar-refractivity contribution in [2.75, 3.05) is 19.0 Å². The van der Waals surface area contributed by atoms with Gasteiger partial charge in [-0.1, -0.05) is 0 Å². The first kappa shape index (κ1) is 8.85. The molecule has 2 aliphatic heterocycles. The molecule has 2 N–H and O–H groups in total. The van der Waals surface area contributed by atoms with Gasteiger partial charge < -0.3 is 10.5 Å². The Bertz CT molecular complexity index is 125. The molecule has 12 heavy (non-hydrogen) atoms. The van der Waals surface area contributed by atoms with Crippen LogP contribution in [-0.2, 0) is 4.74 Å². The SMILES string of the molecule is NC(C1CCOC1)C1CCCS1. The predicted molar refractivity (Wildman–Crippen MR) is 52.4 cm³/mol. The number of ether oxygens (including phenoxy) is 1. The standard InChI is InChI=1S/C9H17NOS/c10-9(7-3-4-11-6-7)8-2-1-5-12-8/h7-9H,1-6,10H2. The second-order valence-corrected chi connectivity index (χ2v) is 5.10. The average Bonchev–Trinajstić information content (AvgIpc) is 2.77. The van der Waals surface area contributed by atoms with Gasteiger partial charge in [0.1, 0.15) is 0 Å². The second-order valence-electron chi connectivity index (χ2n) is 3.75. The van der Waals surface area contributed by atoms with Gasteiger partial charge in [0.15, 0.2) is 0 Å². The molecule has 2 heterocycles. The Labute approximate surface area is 78.2 Å². The van der Waals surface area contributed by atoms with E-state index in [1.165, 1.54) is 25.0 Å². The highest BCUT2D eigenvalue weighted by Crippen LogP contribution is 2.32. The molecule has 2 aliphatic rings. The lowest BCUT2D eigenvalue weighted by Crippen LogP contribution is -2.38. The third kappa shape index (κ3) is 1.78. The van der Waals surface area contributed by atoms with Crippen molar-refractivity contribution in [3.8, 4) is 0 Å². The zero-order valence-electron chi connectivity index (χ0n) is 7.37. The summed E-state index contributed by atoms with van der Waals surface area (Å²) in [5, 5.41) is 0.719. The van der Waals surface area contributed by atoms with Gasteiger partial charge in [0.05, 0.1) is 6.61 Å². The Balaban J connectivity index is 1.84. The van der Waals surface area contributed by atoms with Crippen LogP contribution in [0.25, 0.3) is 0 Å². The van der Waals surface area contributed by atoms with Crippen LogP contribution in [0.4, 0.5) is 0 Å². The molecule has 0 aromatic carbocycles. The Morgan fingerprint density at radius 2 is 2.33 bits per heavy atom. The highest BCUT2D eigenvalue weighted by atomic mass is 32.2. The molecule has 0 bridgehead atoms. The topological polar surface area (TPSA) is 35.2 Å². The first-order chi connectivity index (χ1) is 5.88. The Morgan fingerprint density at radius 3 is 2.92 bits per heavy atom. The molecule has 0 aromatic rings. The third-order valence-corrected chi connectivity index (χ3v) is 4.41. The summed E-state index contributed by atoms with van der Waals surface area (Å²) in [6.45, 7) is 1.83. The number of rotatable bonds is 2. The molecule has 3 atom stereocenters. The molecule has 2 fully saturated rings. The monoisotopic (exact) mass is 187 g/mol. The summed E-state index contributed by atoms with van der Waals surface area (Å²) >= 11 is 2.06. The molecule has 2 nitrogen and oxygen atoms in total. The molecule has 3 unspecified atom stereocenters. The quantitative estimate of drug-likeness (QED) is 0.706. The molecular formula is C9H17NOS. The molecule has 2 saturated heterocycles. The van der Waals surface area contributed by atoms with Crippen LogP contribution < -0.4 is 5.73 Å². The first-order valence-electron chi connectivity index (χ1n) is 4.83. The van der Waals surface area contributed by atoms with Crippen molar-refractivity contribution in [3.05, 3.63) is 0 Å². The van der Waals surface area contributed by atoms with Gasteiger partial charge in [0.2, 0.25) is 0 Å². The van der Waals surface area contributed by atoms with E-state index in [0.717, 1.165) is 18.5 Å².